The van der Waals surface area contributed by atoms with Gasteiger partial charge < -0.3 is 53.8 Å². The van der Waals surface area contributed by atoms with E-state index in [2.05, 4.69) is 26.3 Å². The summed E-state index contributed by atoms with van der Waals surface area (Å²) in [5.41, 5.74) is 17.0. The van der Waals surface area contributed by atoms with Crippen molar-refractivity contribution in [1.29, 1.82) is 0 Å². The number of hydrogen-bond acceptors (Lipinski definition) is 9. The molecule has 1 aromatic rings. The minimum atomic E-state index is -5.08. The molecule has 0 fully saturated rings. The Morgan fingerprint density at radius 3 is 1.56 bits per heavy atom. The van der Waals surface area contributed by atoms with Gasteiger partial charge in [0.25, 0.3) is 0 Å². The van der Waals surface area contributed by atoms with E-state index >= 15 is 0 Å². The van der Waals surface area contributed by atoms with Crippen molar-refractivity contribution in [1.82, 2.24) is 21.3 Å². The number of nitrogens with two attached hydrogens (primary N) is 3. The lowest BCUT2D eigenvalue weighted by atomic mass is 9.99. The molecule has 0 bridgehead atoms. The van der Waals surface area contributed by atoms with Crippen molar-refractivity contribution in [3.8, 4) is 0 Å². The average molecular weight is 749 g/mol. The van der Waals surface area contributed by atoms with E-state index in [-0.39, 0.29) is 50.0 Å². The number of rotatable bonds is 20. The molecule has 13 N–H and O–H groups in total. The zero-order valence-corrected chi connectivity index (χ0v) is 29.5. The average Bonchev–Trinajstić information content (AvgIpc) is 3.04. The number of carbonyl (C=O) groups excluding carboxylic acids is 4. The maximum atomic E-state index is 13.6. The quantitative estimate of drug-likeness (QED) is 0.0452. The fourth-order valence-corrected chi connectivity index (χ4v) is 4.40. The van der Waals surface area contributed by atoms with Crippen LogP contribution < -0.4 is 38.5 Å². The summed E-state index contributed by atoms with van der Waals surface area (Å²) in [7, 11) is 0. The smallest absolute Gasteiger partial charge is 0.480 e. The standard InChI is InChI=1S/C30H50N8O7.C2HF3O2/c1-17(2)13-22(26(41)35-21(29(44)45)11-8-12-34-30(32)33)37-27(42)23(14-18(3)4)38-28(43)24(36-25(40)20(31)16-39)15-19-9-6-5-7-10-19;3-2(4,5)1(6)7/h5-7,9-10,17-18,20-24,39H,8,11-16,31H2,1-4H3,(H,35,41)(H,36,40)(H,37,42)(H,38,43)(H,44,45)(H4,32,33,34);(H,6,7)/t20-,21-,22-,23-,24-;/m0./s1. The predicted molar refractivity (Wildman–Crippen MR) is 183 cm³/mol. The number of carbonyl (C=O) groups is 6. The number of guanidine groups is 1. The van der Waals surface area contributed by atoms with Crippen LogP contribution in [0.25, 0.3) is 0 Å². The Balaban J connectivity index is 0.00000335. The van der Waals surface area contributed by atoms with Gasteiger partial charge in [0.15, 0.2) is 5.96 Å². The van der Waals surface area contributed by atoms with Crippen molar-refractivity contribution >= 4 is 41.5 Å². The van der Waals surface area contributed by atoms with Crippen molar-refractivity contribution in [2.45, 2.75) is 96.2 Å². The fraction of sp³-hybridized carbons (Fsp3) is 0.594. The summed E-state index contributed by atoms with van der Waals surface area (Å²) in [5.74, 6) is -6.96. The number of halogens is 3. The van der Waals surface area contributed by atoms with E-state index in [1.807, 2.05) is 27.7 Å². The number of hydrogen-bond donors (Lipinski definition) is 10. The second-order valence-corrected chi connectivity index (χ2v) is 12.6. The van der Waals surface area contributed by atoms with Crippen molar-refractivity contribution in [3.05, 3.63) is 35.9 Å². The molecule has 0 aliphatic heterocycles. The molecule has 5 atom stereocenters. The lowest BCUT2D eigenvalue weighted by molar-refractivity contribution is -0.192. The molecule has 4 amide bonds. The van der Waals surface area contributed by atoms with Crippen LogP contribution in [0.1, 0.15) is 58.9 Å². The van der Waals surface area contributed by atoms with Crippen LogP contribution in [0.2, 0.25) is 0 Å². The third kappa shape index (κ3) is 20.0. The Morgan fingerprint density at radius 2 is 1.17 bits per heavy atom. The van der Waals surface area contributed by atoms with E-state index < -0.39 is 78.6 Å². The highest BCUT2D eigenvalue weighted by Crippen LogP contribution is 2.13. The summed E-state index contributed by atoms with van der Waals surface area (Å²) < 4.78 is 31.7. The molecule has 0 unspecified atom stereocenters. The van der Waals surface area contributed by atoms with Crippen LogP contribution in [0.3, 0.4) is 0 Å². The van der Waals surface area contributed by atoms with Crippen LogP contribution in [0.4, 0.5) is 13.2 Å². The highest BCUT2D eigenvalue weighted by Gasteiger charge is 2.38. The van der Waals surface area contributed by atoms with Crippen molar-refractivity contribution in [2.24, 2.45) is 34.0 Å². The fourth-order valence-electron chi connectivity index (χ4n) is 4.40. The predicted octanol–water partition coefficient (Wildman–Crippen LogP) is -0.648. The van der Waals surface area contributed by atoms with Gasteiger partial charge >= 0.3 is 18.1 Å². The van der Waals surface area contributed by atoms with Gasteiger partial charge in [-0.1, -0.05) is 58.0 Å². The Morgan fingerprint density at radius 1 is 0.750 bits per heavy atom. The topological polar surface area (TPSA) is 302 Å². The summed E-state index contributed by atoms with van der Waals surface area (Å²) in [5, 5.41) is 36.5. The van der Waals surface area contributed by atoms with E-state index in [1.54, 1.807) is 30.3 Å². The summed E-state index contributed by atoms with van der Waals surface area (Å²) in [6.07, 6.45) is -4.24. The molecule has 0 heterocycles. The van der Waals surface area contributed by atoms with Gasteiger partial charge in [0.2, 0.25) is 23.6 Å². The number of nitrogens with zero attached hydrogens (tertiary/aromatic N) is 1. The maximum absolute atomic E-state index is 13.6. The number of nitrogens with one attached hydrogen (secondary N) is 4. The number of aliphatic carboxylic acids is 2. The van der Waals surface area contributed by atoms with Gasteiger partial charge in [-0.2, -0.15) is 13.2 Å². The van der Waals surface area contributed by atoms with Crippen molar-refractivity contribution in [2.75, 3.05) is 13.2 Å². The van der Waals surface area contributed by atoms with E-state index in [0.717, 1.165) is 5.56 Å². The number of aliphatic hydroxyl groups is 1. The molecule has 1 rings (SSSR count). The van der Waals surface area contributed by atoms with E-state index in [1.165, 1.54) is 0 Å². The first-order valence-corrected chi connectivity index (χ1v) is 16.3. The van der Waals surface area contributed by atoms with Gasteiger partial charge in [-0.05, 0) is 43.1 Å². The Kier molecular flexibility index (Phi) is 21.2. The largest absolute Gasteiger partial charge is 0.490 e. The monoisotopic (exact) mass is 748 g/mol. The number of aliphatic hydroxyl groups excluding tert-OH is 1. The molecule has 20 heteroatoms. The molecule has 17 nitrogen and oxygen atoms in total. The zero-order chi connectivity index (χ0) is 40.2. The van der Waals surface area contributed by atoms with Crippen molar-refractivity contribution in [3.63, 3.8) is 0 Å². The number of amides is 4. The molecule has 0 aromatic heterocycles. The molecule has 0 spiro atoms. The third-order valence-corrected chi connectivity index (χ3v) is 6.93. The minimum absolute atomic E-state index is 0.0504. The van der Waals surface area contributed by atoms with Gasteiger partial charge in [0.05, 0.1) is 6.61 Å². The van der Waals surface area contributed by atoms with Crippen LogP contribution in [0.15, 0.2) is 35.3 Å². The number of carboxylic acids is 2. The summed E-state index contributed by atoms with van der Waals surface area (Å²) in [4.78, 5) is 77.3. The molecule has 0 aliphatic carbocycles. The molecule has 0 radical (unpaired) electrons. The first kappa shape index (κ1) is 47.0. The Hall–Kier alpha value is -4.98. The zero-order valence-electron chi connectivity index (χ0n) is 29.5. The third-order valence-electron chi connectivity index (χ3n) is 6.93. The molecular formula is C32H51F3N8O9. The van der Waals surface area contributed by atoms with Crippen LogP contribution in [0.5, 0.6) is 0 Å². The Labute approximate surface area is 299 Å². The van der Waals surface area contributed by atoms with Crippen molar-refractivity contribution < 1.29 is 57.3 Å². The summed E-state index contributed by atoms with van der Waals surface area (Å²) in [6, 6.07) is 3.12. The van der Waals surface area contributed by atoms with Gasteiger partial charge in [-0.15, -0.1) is 0 Å². The first-order valence-electron chi connectivity index (χ1n) is 16.3. The molecule has 0 aliphatic rings. The van der Waals surface area contributed by atoms with E-state index in [4.69, 9.17) is 27.1 Å². The molecule has 1 aromatic carbocycles. The molecular weight excluding hydrogens is 697 g/mol. The van der Waals surface area contributed by atoms with Crippen LogP contribution >= 0.6 is 0 Å². The number of aliphatic imine (C=N–C) groups is 1. The van der Waals surface area contributed by atoms with Gasteiger partial charge in [-0.25, -0.2) is 9.59 Å². The highest BCUT2D eigenvalue weighted by atomic mass is 19.4. The lowest BCUT2D eigenvalue weighted by Crippen LogP contribution is -2.59. The summed E-state index contributed by atoms with van der Waals surface area (Å²) >= 11 is 0. The minimum Gasteiger partial charge on any atom is -0.480 e. The van der Waals surface area contributed by atoms with Gasteiger partial charge in [-0.3, -0.25) is 24.2 Å². The Bertz CT molecular complexity index is 1340. The normalized spacial score (nSPS) is 14.0. The second kappa shape index (κ2) is 23.5. The lowest BCUT2D eigenvalue weighted by Gasteiger charge is -2.28. The molecule has 0 saturated carbocycles. The van der Waals surface area contributed by atoms with Gasteiger partial charge in [0.1, 0.15) is 30.2 Å². The molecule has 294 valence electrons. The first-order chi connectivity index (χ1) is 24.1. The molecule has 0 saturated heterocycles. The van der Waals surface area contributed by atoms with Crippen LogP contribution in [-0.2, 0) is 35.2 Å². The van der Waals surface area contributed by atoms with Crippen LogP contribution in [-0.4, -0.2) is 106 Å². The molecule has 52 heavy (non-hydrogen) atoms. The maximum Gasteiger partial charge on any atom is 0.490 e. The van der Waals surface area contributed by atoms with Crippen LogP contribution in [0, 0.1) is 11.8 Å². The SMILES string of the molecule is CC(C)C[C@H](NC(=O)[C@H](CC(C)C)NC(=O)[C@H](Cc1ccccc1)NC(=O)[C@@H](N)CO)C(=O)N[C@@H](CCCN=C(N)N)C(=O)O.O=C(O)C(F)(F)F. The summed E-state index contributed by atoms with van der Waals surface area (Å²) in [6.45, 7) is 6.96. The number of carboxylic acid groups (broad SMARTS) is 2. The van der Waals surface area contributed by atoms with Gasteiger partial charge in [0, 0.05) is 13.0 Å². The highest BCUT2D eigenvalue weighted by molar-refractivity contribution is 5.95. The number of benzene rings is 1. The van der Waals surface area contributed by atoms with E-state index in [9.17, 15) is 47.4 Å². The second-order valence-electron chi connectivity index (χ2n) is 12.6. The number of alkyl halides is 3. The van der Waals surface area contributed by atoms with E-state index in [0.29, 0.717) is 6.42 Å².